The number of aldehydes is 1. The molecule has 9 nitrogen and oxygen atoms in total. The average molecular weight is 625 g/mol. The van der Waals surface area contributed by atoms with E-state index in [4.69, 9.17) is 32.7 Å². The molecule has 1 amide bonds. The first-order chi connectivity index (χ1) is 20.7. The molecule has 0 spiro atoms. The van der Waals surface area contributed by atoms with Crippen LogP contribution >= 0.6 is 23.2 Å². The van der Waals surface area contributed by atoms with Crippen molar-refractivity contribution in [2.45, 2.75) is 25.4 Å². The second kappa shape index (κ2) is 12.9. The van der Waals surface area contributed by atoms with Gasteiger partial charge in [0, 0.05) is 29.3 Å². The quantitative estimate of drug-likeness (QED) is 0.165. The molecule has 4 aromatic rings. The number of hydrogen-bond donors (Lipinski definition) is 2. The molecular weight excluding hydrogens is 598 g/mol. The average Bonchev–Trinajstić information content (AvgIpc) is 3.46. The summed E-state index contributed by atoms with van der Waals surface area (Å²) < 4.78 is 26.3. The molecule has 0 saturated carbocycles. The van der Waals surface area contributed by atoms with Crippen LogP contribution in [-0.2, 0) is 16.1 Å². The molecule has 2 N–H and O–H groups in total. The van der Waals surface area contributed by atoms with Gasteiger partial charge in [0.2, 0.25) is 0 Å². The number of carbonyl (C=O) groups excluding carboxylic acids is 3. The van der Waals surface area contributed by atoms with Crippen molar-refractivity contribution in [1.29, 1.82) is 0 Å². The summed E-state index contributed by atoms with van der Waals surface area (Å²) in [5.74, 6) is -1.48. The summed E-state index contributed by atoms with van der Waals surface area (Å²) in [6.45, 7) is 0.699. The van der Waals surface area contributed by atoms with E-state index in [1.54, 1.807) is 47.1 Å². The van der Waals surface area contributed by atoms with Crippen LogP contribution in [0.1, 0.15) is 45.4 Å². The van der Waals surface area contributed by atoms with Crippen LogP contribution in [0.15, 0.2) is 54.6 Å². The topological polar surface area (TPSA) is 112 Å². The number of anilines is 1. The molecule has 0 aliphatic carbocycles. The number of nitrogens with zero attached hydrogens (tertiary/aromatic N) is 2. The molecule has 2 heterocycles. The second-order valence-electron chi connectivity index (χ2n) is 9.81. The Balaban J connectivity index is 1.42. The van der Waals surface area contributed by atoms with E-state index in [0.717, 1.165) is 18.5 Å². The Morgan fingerprint density at radius 3 is 2.51 bits per heavy atom. The molecule has 0 radical (unpaired) electrons. The number of rotatable bonds is 9. The molecule has 1 atom stereocenters. The summed E-state index contributed by atoms with van der Waals surface area (Å²) in [5, 5.41) is 11.0. The summed E-state index contributed by atoms with van der Waals surface area (Å²) in [5.41, 5.74) is 3.18. The number of aryl methyl sites for hydroxylation is 1. The van der Waals surface area contributed by atoms with Crippen LogP contribution in [0.2, 0.25) is 10.0 Å². The van der Waals surface area contributed by atoms with E-state index in [2.05, 4.69) is 15.7 Å². The molecular formula is C31H27Cl2FN4O5. The molecule has 1 aromatic heterocycles. The van der Waals surface area contributed by atoms with Crippen LogP contribution in [0, 0.1) is 5.82 Å². The normalized spacial score (nSPS) is 14.1. The number of ether oxygens (including phenoxy) is 2. The summed E-state index contributed by atoms with van der Waals surface area (Å²) in [7, 11) is 2.68. The lowest BCUT2D eigenvalue weighted by atomic mass is 9.97. The zero-order valence-corrected chi connectivity index (χ0v) is 24.8. The molecule has 222 valence electrons. The van der Waals surface area contributed by atoms with Crippen LogP contribution in [-0.4, -0.2) is 48.7 Å². The van der Waals surface area contributed by atoms with E-state index in [1.165, 1.54) is 26.4 Å². The van der Waals surface area contributed by atoms with Crippen molar-refractivity contribution in [3.8, 4) is 28.0 Å². The van der Waals surface area contributed by atoms with Gasteiger partial charge in [-0.2, -0.15) is 5.10 Å². The molecule has 5 rings (SSSR count). The predicted octanol–water partition coefficient (Wildman–Crippen LogP) is 6.33. The van der Waals surface area contributed by atoms with Crippen molar-refractivity contribution in [3.63, 3.8) is 0 Å². The monoisotopic (exact) mass is 624 g/mol. The van der Waals surface area contributed by atoms with Gasteiger partial charge in [-0.05, 0) is 42.7 Å². The Hall–Kier alpha value is -4.25. The SMILES string of the molecule is COC(=O)CN[C@H]1CCCn2nc(C(=O)Nc3cccc(-c4cccc(-c5cc(F)c(C=O)c(OC)c5)c4Cl)c3Cl)cc21. The van der Waals surface area contributed by atoms with Crippen LogP contribution in [0.3, 0.4) is 0 Å². The number of methoxy groups -OCH3 is 2. The summed E-state index contributed by atoms with van der Waals surface area (Å²) in [6.07, 6.45) is 2.02. The number of halogens is 3. The zero-order valence-electron chi connectivity index (χ0n) is 23.2. The summed E-state index contributed by atoms with van der Waals surface area (Å²) in [6, 6.07) is 14.7. The second-order valence-corrected chi connectivity index (χ2v) is 10.6. The predicted molar refractivity (Wildman–Crippen MR) is 161 cm³/mol. The lowest BCUT2D eigenvalue weighted by Crippen LogP contribution is -2.32. The van der Waals surface area contributed by atoms with Gasteiger partial charge in [0.05, 0.1) is 47.8 Å². The highest BCUT2D eigenvalue weighted by Gasteiger charge is 2.26. The number of benzene rings is 3. The first-order valence-corrected chi connectivity index (χ1v) is 14.1. The van der Waals surface area contributed by atoms with Gasteiger partial charge in [-0.25, -0.2) is 4.39 Å². The molecule has 0 fully saturated rings. The van der Waals surface area contributed by atoms with Crippen molar-refractivity contribution in [3.05, 3.63) is 87.4 Å². The summed E-state index contributed by atoms with van der Waals surface area (Å²) >= 11 is 13.6. The Morgan fingerprint density at radius 1 is 1.07 bits per heavy atom. The van der Waals surface area contributed by atoms with Gasteiger partial charge in [0.15, 0.2) is 12.0 Å². The zero-order chi connectivity index (χ0) is 30.7. The fraction of sp³-hybridized carbons (Fsp3) is 0.226. The Kier molecular flexibility index (Phi) is 9.10. The first-order valence-electron chi connectivity index (χ1n) is 13.4. The first kappa shape index (κ1) is 30.2. The highest BCUT2D eigenvalue weighted by Crippen LogP contribution is 2.42. The fourth-order valence-corrected chi connectivity index (χ4v) is 5.71. The number of carbonyl (C=O) groups is 3. The summed E-state index contributed by atoms with van der Waals surface area (Å²) in [4.78, 5) is 36.2. The van der Waals surface area contributed by atoms with Crippen LogP contribution < -0.4 is 15.4 Å². The maximum Gasteiger partial charge on any atom is 0.319 e. The van der Waals surface area contributed by atoms with Crippen molar-refractivity contribution in [2.75, 3.05) is 26.1 Å². The fourth-order valence-electron chi connectivity index (χ4n) is 5.10. The molecule has 3 aromatic carbocycles. The van der Waals surface area contributed by atoms with Crippen molar-refractivity contribution >= 4 is 47.1 Å². The third kappa shape index (κ3) is 6.13. The lowest BCUT2D eigenvalue weighted by molar-refractivity contribution is -0.139. The van der Waals surface area contributed by atoms with Crippen LogP contribution in [0.25, 0.3) is 22.3 Å². The smallest absolute Gasteiger partial charge is 0.319 e. The molecule has 0 bridgehead atoms. The molecule has 43 heavy (non-hydrogen) atoms. The highest BCUT2D eigenvalue weighted by molar-refractivity contribution is 6.39. The Bertz CT molecular complexity index is 1720. The van der Waals surface area contributed by atoms with E-state index in [1.807, 2.05) is 0 Å². The van der Waals surface area contributed by atoms with Gasteiger partial charge in [-0.15, -0.1) is 0 Å². The van der Waals surface area contributed by atoms with Crippen molar-refractivity contribution in [2.24, 2.45) is 0 Å². The number of amides is 1. The largest absolute Gasteiger partial charge is 0.496 e. The third-order valence-corrected chi connectivity index (χ3v) is 8.07. The van der Waals surface area contributed by atoms with Crippen molar-refractivity contribution < 1.29 is 28.2 Å². The van der Waals surface area contributed by atoms with E-state index in [0.29, 0.717) is 45.8 Å². The molecule has 12 heteroatoms. The molecule has 1 aliphatic heterocycles. The molecule has 0 unspecified atom stereocenters. The minimum atomic E-state index is -0.736. The van der Waals surface area contributed by atoms with Gasteiger partial charge in [-0.1, -0.05) is 53.5 Å². The van der Waals surface area contributed by atoms with Crippen molar-refractivity contribution in [1.82, 2.24) is 15.1 Å². The maximum absolute atomic E-state index is 14.7. The van der Waals surface area contributed by atoms with E-state index < -0.39 is 11.7 Å². The van der Waals surface area contributed by atoms with Gasteiger partial charge in [-0.3, -0.25) is 24.4 Å². The number of fused-ring (bicyclic) bond motifs is 1. The van der Waals surface area contributed by atoms with E-state index >= 15 is 0 Å². The lowest BCUT2D eigenvalue weighted by Gasteiger charge is -2.24. The number of nitrogens with one attached hydrogen (secondary N) is 2. The molecule has 1 aliphatic rings. The van der Waals surface area contributed by atoms with Gasteiger partial charge >= 0.3 is 5.97 Å². The maximum atomic E-state index is 14.7. The standard InChI is InChI=1S/C31H27Cl2FN4O5/c1-42-27-13-17(12-22(34)21(27)16-39)18-6-3-7-19(29(18)32)20-8-4-9-24(30(20)33)36-31(41)25-14-26-23(35-15-28(40)43-2)10-5-11-38(26)37-25/h3-4,6-9,12-14,16,23,35H,5,10-11,15H2,1-2H3,(H,36,41)/t23-/m0/s1. The number of hydrogen-bond acceptors (Lipinski definition) is 7. The number of aromatic nitrogens is 2. The van der Waals surface area contributed by atoms with Gasteiger partial charge in [0.1, 0.15) is 11.6 Å². The van der Waals surface area contributed by atoms with Gasteiger partial charge in [0.25, 0.3) is 5.91 Å². The van der Waals surface area contributed by atoms with Gasteiger partial charge < -0.3 is 14.8 Å². The van der Waals surface area contributed by atoms with Crippen LogP contribution in [0.4, 0.5) is 10.1 Å². The Morgan fingerprint density at radius 2 is 1.79 bits per heavy atom. The third-order valence-electron chi connectivity index (χ3n) is 7.26. The van der Waals surface area contributed by atoms with E-state index in [-0.39, 0.29) is 40.6 Å². The van der Waals surface area contributed by atoms with Crippen LogP contribution in [0.5, 0.6) is 5.75 Å². The highest BCUT2D eigenvalue weighted by atomic mass is 35.5. The van der Waals surface area contributed by atoms with E-state index in [9.17, 15) is 18.8 Å². The Labute approximate surface area is 256 Å². The minimum absolute atomic E-state index is 0.0482. The molecule has 0 saturated heterocycles. The minimum Gasteiger partial charge on any atom is -0.496 e. The number of esters is 1.